The van der Waals surface area contributed by atoms with Gasteiger partial charge < -0.3 is 19.4 Å². The summed E-state index contributed by atoms with van der Waals surface area (Å²) in [6.07, 6.45) is 0. The number of hydrogen-bond donors (Lipinski definition) is 0. The maximum absolute atomic E-state index is 6.13. The van der Waals surface area contributed by atoms with Gasteiger partial charge in [-0.1, -0.05) is 30.3 Å². The predicted octanol–water partition coefficient (Wildman–Crippen LogP) is 5.46. The van der Waals surface area contributed by atoms with Gasteiger partial charge in [0, 0.05) is 76.9 Å². The van der Waals surface area contributed by atoms with Crippen LogP contribution in [0.2, 0.25) is 0 Å². The summed E-state index contributed by atoms with van der Waals surface area (Å²) in [6, 6.07) is 24.2. The number of rotatable bonds is 8. The molecule has 3 aromatic rings. The van der Waals surface area contributed by atoms with Gasteiger partial charge in [-0.25, -0.2) is 0 Å². The van der Waals surface area contributed by atoms with Crippen LogP contribution in [0, 0.1) is 0 Å². The molecule has 0 N–H and O–H groups in total. The normalized spacial score (nSPS) is 10.8. The van der Waals surface area contributed by atoms with Crippen LogP contribution in [-0.4, -0.2) is 48.9 Å². The minimum Gasteiger partial charge on any atom is -0.493 e. The van der Waals surface area contributed by atoms with E-state index in [2.05, 4.69) is 124 Å². The zero-order valence-electron chi connectivity index (χ0n) is 19.9. The zero-order valence-corrected chi connectivity index (χ0v) is 19.9. The van der Waals surface area contributed by atoms with Crippen LogP contribution in [0.3, 0.4) is 0 Å². The lowest BCUT2D eigenvalue weighted by molar-refractivity contribution is 0.336. The van der Waals surface area contributed by atoms with Crippen molar-refractivity contribution in [1.82, 2.24) is 0 Å². The summed E-state index contributed by atoms with van der Waals surface area (Å²) in [5, 5.41) is 0. The van der Waals surface area contributed by atoms with Crippen molar-refractivity contribution in [3.8, 4) is 5.75 Å². The van der Waals surface area contributed by atoms with E-state index >= 15 is 0 Å². The van der Waals surface area contributed by atoms with E-state index in [0.717, 1.165) is 11.4 Å². The van der Waals surface area contributed by atoms with Crippen molar-refractivity contribution in [1.29, 1.82) is 0 Å². The summed E-state index contributed by atoms with van der Waals surface area (Å²) < 4.78 is 6.13. The summed E-state index contributed by atoms with van der Waals surface area (Å²) in [6.45, 7) is 2.68. The van der Waals surface area contributed by atoms with Crippen LogP contribution in [0.15, 0.2) is 66.7 Å². The molecule has 4 heteroatoms. The molecule has 0 radical (unpaired) electrons. The van der Waals surface area contributed by atoms with Gasteiger partial charge in [0.2, 0.25) is 0 Å². The second-order valence-corrected chi connectivity index (χ2v) is 8.45. The Morgan fingerprint density at radius 3 is 1.42 bits per heavy atom. The molecule has 0 saturated heterocycles. The molecule has 0 atom stereocenters. The van der Waals surface area contributed by atoms with E-state index in [1.807, 2.05) is 6.92 Å². The van der Waals surface area contributed by atoms with Gasteiger partial charge in [0.25, 0.3) is 0 Å². The van der Waals surface area contributed by atoms with Gasteiger partial charge in [0.1, 0.15) is 5.75 Å². The summed E-state index contributed by atoms with van der Waals surface area (Å²) in [7, 11) is 12.4. The van der Waals surface area contributed by atoms with Crippen LogP contribution in [0.4, 0.5) is 17.1 Å². The Kier molecular flexibility index (Phi) is 7.11. The number of hydrogen-bond acceptors (Lipinski definition) is 4. The maximum atomic E-state index is 6.13. The molecule has 0 spiro atoms. The molecule has 0 unspecified atom stereocenters. The van der Waals surface area contributed by atoms with Crippen LogP contribution < -0.4 is 19.4 Å². The number of ether oxygens (including phenoxy) is 1. The average Bonchev–Trinajstić information content (AvgIpc) is 2.75. The van der Waals surface area contributed by atoms with E-state index < -0.39 is 0 Å². The van der Waals surface area contributed by atoms with Gasteiger partial charge in [-0.05, 0) is 48.4 Å². The first-order valence-corrected chi connectivity index (χ1v) is 10.8. The summed E-state index contributed by atoms with van der Waals surface area (Å²) in [5.41, 5.74) is 7.21. The fourth-order valence-electron chi connectivity index (χ4n) is 3.80. The van der Waals surface area contributed by atoms with Crippen molar-refractivity contribution in [3.05, 3.63) is 83.4 Å². The second kappa shape index (κ2) is 9.78. The van der Waals surface area contributed by atoms with E-state index in [9.17, 15) is 0 Å². The molecule has 0 fully saturated rings. The molecule has 0 saturated carbocycles. The van der Waals surface area contributed by atoms with Gasteiger partial charge in [-0.15, -0.1) is 0 Å². The zero-order chi connectivity index (χ0) is 22.5. The minimum absolute atomic E-state index is 0.0881. The van der Waals surface area contributed by atoms with Gasteiger partial charge in [-0.3, -0.25) is 0 Å². The van der Waals surface area contributed by atoms with Gasteiger partial charge in [-0.2, -0.15) is 0 Å². The molecule has 3 aromatic carbocycles. The topological polar surface area (TPSA) is 19.0 Å². The first-order chi connectivity index (χ1) is 14.8. The van der Waals surface area contributed by atoms with Crippen LogP contribution in [0.1, 0.15) is 29.5 Å². The highest BCUT2D eigenvalue weighted by molar-refractivity contribution is 5.59. The molecule has 164 valence electrons. The SMILES string of the molecule is CCOc1cc(N(C)C)ccc1C(c1ccc(N(C)C)cc1)c1ccc(N(C)C)cc1. The van der Waals surface area contributed by atoms with Crippen LogP contribution in [0.5, 0.6) is 5.75 Å². The molecule has 4 nitrogen and oxygen atoms in total. The molecule has 0 heterocycles. The van der Waals surface area contributed by atoms with E-state index in [1.54, 1.807) is 0 Å². The quantitative estimate of drug-likeness (QED) is 0.453. The van der Waals surface area contributed by atoms with Crippen molar-refractivity contribution in [2.24, 2.45) is 0 Å². The average molecular weight is 418 g/mol. The Bertz CT molecular complexity index is 925. The van der Waals surface area contributed by atoms with Gasteiger partial charge in [0.15, 0.2) is 0 Å². The van der Waals surface area contributed by atoms with Crippen molar-refractivity contribution in [2.75, 3.05) is 63.6 Å². The first-order valence-electron chi connectivity index (χ1n) is 10.8. The predicted molar refractivity (Wildman–Crippen MR) is 134 cm³/mol. The third-order valence-electron chi connectivity index (χ3n) is 5.61. The lowest BCUT2D eigenvalue weighted by Crippen LogP contribution is -2.12. The number of benzene rings is 3. The fraction of sp³-hybridized carbons (Fsp3) is 0.333. The largest absolute Gasteiger partial charge is 0.493 e. The van der Waals surface area contributed by atoms with Gasteiger partial charge in [0.05, 0.1) is 6.61 Å². The van der Waals surface area contributed by atoms with E-state index in [4.69, 9.17) is 4.74 Å². The molecule has 31 heavy (non-hydrogen) atoms. The van der Waals surface area contributed by atoms with Crippen molar-refractivity contribution in [3.63, 3.8) is 0 Å². The van der Waals surface area contributed by atoms with Gasteiger partial charge >= 0.3 is 0 Å². The molecular formula is C27H35N3O. The lowest BCUT2D eigenvalue weighted by Gasteiger charge is -2.25. The minimum atomic E-state index is 0.0881. The molecule has 0 bridgehead atoms. The maximum Gasteiger partial charge on any atom is 0.125 e. The third kappa shape index (κ3) is 5.13. The Labute approximate surface area is 187 Å². The summed E-state index contributed by atoms with van der Waals surface area (Å²) >= 11 is 0. The fourth-order valence-corrected chi connectivity index (χ4v) is 3.80. The molecule has 0 aliphatic heterocycles. The highest BCUT2D eigenvalue weighted by Crippen LogP contribution is 2.40. The van der Waals surface area contributed by atoms with Crippen LogP contribution in [-0.2, 0) is 0 Å². The Balaban J connectivity index is 2.16. The smallest absolute Gasteiger partial charge is 0.125 e. The molecule has 0 aromatic heterocycles. The first kappa shape index (κ1) is 22.5. The summed E-state index contributed by atoms with van der Waals surface area (Å²) in [5.74, 6) is 1.03. The Morgan fingerprint density at radius 2 is 1.03 bits per heavy atom. The Hall–Kier alpha value is -3.14. The van der Waals surface area contributed by atoms with Crippen molar-refractivity contribution in [2.45, 2.75) is 12.8 Å². The van der Waals surface area contributed by atoms with Crippen LogP contribution >= 0.6 is 0 Å². The number of nitrogens with zero attached hydrogens (tertiary/aromatic N) is 3. The third-order valence-corrected chi connectivity index (χ3v) is 5.61. The molecular weight excluding hydrogens is 382 g/mol. The van der Waals surface area contributed by atoms with Crippen molar-refractivity contribution >= 4 is 17.1 Å². The number of anilines is 3. The molecule has 3 rings (SSSR count). The molecule has 0 aliphatic rings. The molecule has 0 aliphatic carbocycles. The molecule has 0 amide bonds. The monoisotopic (exact) mass is 417 g/mol. The Morgan fingerprint density at radius 1 is 0.613 bits per heavy atom. The summed E-state index contributed by atoms with van der Waals surface area (Å²) in [4.78, 5) is 6.36. The van der Waals surface area contributed by atoms with E-state index in [0.29, 0.717) is 6.61 Å². The highest BCUT2D eigenvalue weighted by atomic mass is 16.5. The van der Waals surface area contributed by atoms with Crippen molar-refractivity contribution < 1.29 is 4.74 Å². The standard InChI is InChI=1S/C27H35N3O/c1-8-31-26-19-24(30(6)7)17-18-25(26)27(20-9-13-22(14-10-20)28(2)3)21-11-15-23(16-12-21)29(4)5/h9-19,27H,8H2,1-7H3. The van der Waals surface area contributed by atoms with Crippen LogP contribution in [0.25, 0.3) is 0 Å². The highest BCUT2D eigenvalue weighted by Gasteiger charge is 2.22. The lowest BCUT2D eigenvalue weighted by atomic mass is 9.84. The van der Waals surface area contributed by atoms with E-state index in [-0.39, 0.29) is 5.92 Å². The second-order valence-electron chi connectivity index (χ2n) is 8.45. The van der Waals surface area contributed by atoms with E-state index in [1.165, 1.54) is 28.1 Å².